The summed E-state index contributed by atoms with van der Waals surface area (Å²) in [6, 6.07) is 8.78. The third-order valence-corrected chi connectivity index (χ3v) is 3.84. The van der Waals surface area contributed by atoms with E-state index in [2.05, 4.69) is 43.9 Å². The molecule has 3 atom stereocenters. The maximum absolute atomic E-state index is 5.86. The molecule has 1 aliphatic heterocycles. The minimum Gasteiger partial charge on any atom is -0.399 e. The summed E-state index contributed by atoms with van der Waals surface area (Å²) in [7, 11) is 0. The predicted octanol–water partition coefficient (Wildman–Crippen LogP) is 3.31. The second kappa shape index (κ2) is 5.09. The third-order valence-electron chi connectivity index (χ3n) is 3.84. The van der Waals surface area contributed by atoms with E-state index in [0.717, 1.165) is 17.5 Å². The summed E-state index contributed by atoms with van der Waals surface area (Å²) < 4.78 is 0. The molecule has 3 unspecified atom stereocenters. The van der Waals surface area contributed by atoms with Crippen LogP contribution in [0.5, 0.6) is 0 Å². The van der Waals surface area contributed by atoms with E-state index in [-0.39, 0.29) is 0 Å². The maximum atomic E-state index is 5.86. The molecule has 1 aromatic rings. The Balaban J connectivity index is 2.11. The van der Waals surface area contributed by atoms with E-state index in [9.17, 15) is 0 Å². The van der Waals surface area contributed by atoms with Crippen LogP contribution in [0.3, 0.4) is 0 Å². The summed E-state index contributed by atoms with van der Waals surface area (Å²) in [6.07, 6.45) is 1.36. The number of anilines is 1. The molecule has 1 heterocycles. The van der Waals surface area contributed by atoms with Crippen molar-refractivity contribution in [3.05, 3.63) is 29.8 Å². The van der Waals surface area contributed by atoms with Crippen LogP contribution in [-0.2, 0) is 0 Å². The van der Waals surface area contributed by atoms with E-state index in [4.69, 9.17) is 5.73 Å². The van der Waals surface area contributed by atoms with Crippen LogP contribution in [0.2, 0.25) is 0 Å². The van der Waals surface area contributed by atoms with Gasteiger partial charge in [0.25, 0.3) is 0 Å². The molecule has 1 fully saturated rings. The molecular weight excluding hydrogens is 208 g/mol. The molecule has 0 spiro atoms. The highest BCUT2D eigenvalue weighted by molar-refractivity contribution is 5.41. The normalized spacial score (nSPS) is 27.9. The summed E-state index contributed by atoms with van der Waals surface area (Å²) in [5.41, 5.74) is 8.07. The first kappa shape index (κ1) is 12.4. The van der Waals surface area contributed by atoms with Crippen molar-refractivity contribution in [2.24, 2.45) is 11.8 Å². The van der Waals surface area contributed by atoms with Gasteiger partial charge in [-0.3, -0.25) is 4.90 Å². The van der Waals surface area contributed by atoms with Crippen LogP contribution in [0, 0.1) is 11.8 Å². The van der Waals surface area contributed by atoms with Crippen molar-refractivity contribution in [2.75, 3.05) is 18.8 Å². The maximum Gasteiger partial charge on any atom is 0.0320 e. The van der Waals surface area contributed by atoms with Crippen molar-refractivity contribution in [3.8, 4) is 0 Å². The number of hydrogen-bond donors (Lipinski definition) is 1. The van der Waals surface area contributed by atoms with Crippen LogP contribution >= 0.6 is 0 Å². The largest absolute Gasteiger partial charge is 0.399 e. The Kier molecular flexibility index (Phi) is 3.72. The molecule has 1 aromatic carbocycles. The summed E-state index contributed by atoms with van der Waals surface area (Å²) in [5.74, 6) is 1.62. The lowest BCUT2D eigenvalue weighted by molar-refractivity contribution is 0.103. The smallest absolute Gasteiger partial charge is 0.0320 e. The Morgan fingerprint density at radius 3 is 2.47 bits per heavy atom. The van der Waals surface area contributed by atoms with E-state index in [1.807, 2.05) is 6.07 Å². The zero-order valence-corrected chi connectivity index (χ0v) is 11.2. The predicted molar refractivity (Wildman–Crippen MR) is 73.8 cm³/mol. The van der Waals surface area contributed by atoms with Gasteiger partial charge in [-0.1, -0.05) is 26.0 Å². The highest BCUT2D eigenvalue weighted by Crippen LogP contribution is 2.29. The van der Waals surface area contributed by atoms with Gasteiger partial charge in [0.05, 0.1) is 0 Å². The Morgan fingerprint density at radius 2 is 1.88 bits per heavy atom. The summed E-state index contributed by atoms with van der Waals surface area (Å²) >= 11 is 0. The van der Waals surface area contributed by atoms with Gasteiger partial charge in [0.2, 0.25) is 0 Å². The Bertz CT molecular complexity index is 365. The molecule has 1 aliphatic rings. The fourth-order valence-corrected chi connectivity index (χ4v) is 3.06. The van der Waals surface area contributed by atoms with Crippen molar-refractivity contribution < 1.29 is 0 Å². The van der Waals surface area contributed by atoms with Gasteiger partial charge >= 0.3 is 0 Å². The quantitative estimate of drug-likeness (QED) is 0.793. The van der Waals surface area contributed by atoms with Crippen molar-refractivity contribution in [3.63, 3.8) is 0 Å². The first-order chi connectivity index (χ1) is 8.06. The lowest BCUT2D eigenvalue weighted by atomic mass is 9.90. The SMILES string of the molecule is CC1CC(C)CN(C(C)c2cccc(N)c2)C1. The van der Waals surface area contributed by atoms with Gasteiger partial charge in [-0.2, -0.15) is 0 Å². The van der Waals surface area contributed by atoms with E-state index in [1.165, 1.54) is 25.1 Å². The Hall–Kier alpha value is -1.02. The van der Waals surface area contributed by atoms with E-state index < -0.39 is 0 Å². The van der Waals surface area contributed by atoms with Crippen molar-refractivity contribution in [1.82, 2.24) is 4.90 Å². The van der Waals surface area contributed by atoms with E-state index in [1.54, 1.807) is 0 Å². The topological polar surface area (TPSA) is 29.3 Å². The van der Waals surface area contributed by atoms with E-state index >= 15 is 0 Å². The third kappa shape index (κ3) is 3.01. The number of nitrogen functional groups attached to an aromatic ring is 1. The number of piperidine rings is 1. The molecule has 0 saturated carbocycles. The number of hydrogen-bond acceptors (Lipinski definition) is 2. The number of rotatable bonds is 2. The van der Waals surface area contributed by atoms with Crippen molar-refractivity contribution >= 4 is 5.69 Å². The van der Waals surface area contributed by atoms with Gasteiger partial charge < -0.3 is 5.73 Å². The molecular formula is C15H24N2. The van der Waals surface area contributed by atoms with Crippen LogP contribution in [0.1, 0.15) is 38.8 Å². The molecule has 0 radical (unpaired) electrons. The van der Waals surface area contributed by atoms with Crippen molar-refractivity contribution in [1.29, 1.82) is 0 Å². The van der Waals surface area contributed by atoms with Gasteiger partial charge in [0, 0.05) is 24.8 Å². The Labute approximate surface area is 105 Å². The molecule has 17 heavy (non-hydrogen) atoms. The minimum absolute atomic E-state index is 0.476. The van der Waals surface area contributed by atoms with Crippen LogP contribution in [0.15, 0.2) is 24.3 Å². The monoisotopic (exact) mass is 232 g/mol. The summed E-state index contributed by atoms with van der Waals surface area (Å²) in [6.45, 7) is 9.42. The molecule has 2 rings (SSSR count). The fraction of sp³-hybridized carbons (Fsp3) is 0.600. The zero-order chi connectivity index (χ0) is 12.4. The molecule has 2 heteroatoms. The van der Waals surface area contributed by atoms with Gasteiger partial charge in [0.15, 0.2) is 0 Å². The first-order valence-corrected chi connectivity index (χ1v) is 6.65. The molecule has 0 aliphatic carbocycles. The minimum atomic E-state index is 0.476. The fourth-order valence-electron chi connectivity index (χ4n) is 3.06. The summed E-state index contributed by atoms with van der Waals surface area (Å²) in [5, 5.41) is 0. The number of nitrogens with zero attached hydrogens (tertiary/aromatic N) is 1. The molecule has 0 amide bonds. The zero-order valence-electron chi connectivity index (χ0n) is 11.2. The van der Waals surface area contributed by atoms with Crippen LogP contribution in [0.4, 0.5) is 5.69 Å². The number of likely N-dealkylation sites (tertiary alicyclic amines) is 1. The van der Waals surface area contributed by atoms with Crippen LogP contribution in [0.25, 0.3) is 0 Å². The van der Waals surface area contributed by atoms with Gasteiger partial charge in [-0.05, 0) is 42.9 Å². The second-order valence-corrected chi connectivity index (χ2v) is 5.75. The molecule has 0 bridgehead atoms. The highest BCUT2D eigenvalue weighted by atomic mass is 15.2. The van der Waals surface area contributed by atoms with Crippen LogP contribution in [-0.4, -0.2) is 18.0 Å². The molecule has 2 nitrogen and oxygen atoms in total. The lowest BCUT2D eigenvalue weighted by Crippen LogP contribution is -2.40. The molecule has 2 N–H and O–H groups in total. The first-order valence-electron chi connectivity index (χ1n) is 6.65. The average molecular weight is 232 g/mol. The standard InChI is InChI=1S/C15H24N2/c1-11-7-12(2)10-17(9-11)13(3)14-5-4-6-15(16)8-14/h4-6,8,11-13H,7,9-10,16H2,1-3H3. The molecule has 1 saturated heterocycles. The van der Waals surface area contributed by atoms with Gasteiger partial charge in [-0.15, -0.1) is 0 Å². The average Bonchev–Trinajstić information content (AvgIpc) is 2.26. The van der Waals surface area contributed by atoms with E-state index in [0.29, 0.717) is 6.04 Å². The lowest BCUT2D eigenvalue weighted by Gasteiger charge is -2.39. The molecule has 0 aromatic heterocycles. The van der Waals surface area contributed by atoms with Gasteiger partial charge in [0.1, 0.15) is 0 Å². The van der Waals surface area contributed by atoms with Gasteiger partial charge in [-0.25, -0.2) is 0 Å². The second-order valence-electron chi connectivity index (χ2n) is 5.75. The Morgan fingerprint density at radius 1 is 1.24 bits per heavy atom. The van der Waals surface area contributed by atoms with Crippen molar-refractivity contribution in [2.45, 2.75) is 33.2 Å². The molecule has 94 valence electrons. The van der Waals surface area contributed by atoms with Crippen LogP contribution < -0.4 is 5.73 Å². The summed E-state index contributed by atoms with van der Waals surface area (Å²) in [4.78, 5) is 2.59. The number of nitrogens with two attached hydrogens (primary N) is 1. The number of benzene rings is 1. The highest BCUT2D eigenvalue weighted by Gasteiger charge is 2.25.